The second-order valence-corrected chi connectivity index (χ2v) is 5.22. The van der Waals surface area contributed by atoms with E-state index in [1.54, 1.807) is 11.6 Å². The maximum atomic E-state index is 12.1. The first-order chi connectivity index (χ1) is 9.58. The van der Waals surface area contributed by atoms with E-state index in [0.717, 1.165) is 22.2 Å². The highest BCUT2D eigenvalue weighted by molar-refractivity contribution is 6.31. The Balaban J connectivity index is 2.52. The van der Waals surface area contributed by atoms with Crippen LogP contribution in [-0.4, -0.2) is 9.55 Å². The molecule has 0 unspecified atom stereocenters. The predicted molar refractivity (Wildman–Crippen MR) is 82.2 cm³/mol. The van der Waals surface area contributed by atoms with Crippen LogP contribution >= 0.6 is 11.6 Å². The minimum Gasteiger partial charge on any atom is -0.294 e. The summed E-state index contributed by atoms with van der Waals surface area (Å²) in [6.07, 6.45) is 0. The van der Waals surface area contributed by atoms with Gasteiger partial charge in [0.05, 0.1) is 11.2 Å². The molecule has 4 heteroatoms. The highest BCUT2D eigenvalue weighted by atomic mass is 35.5. The van der Waals surface area contributed by atoms with E-state index in [1.807, 2.05) is 49.4 Å². The molecule has 0 aliphatic heterocycles. The molecule has 0 aliphatic rings. The van der Waals surface area contributed by atoms with Gasteiger partial charge in [0, 0.05) is 17.5 Å². The number of aryl methyl sites for hydroxylation is 1. The fourth-order valence-electron chi connectivity index (χ4n) is 2.46. The summed E-state index contributed by atoms with van der Waals surface area (Å²) in [5.41, 5.74) is 3.16. The minimum absolute atomic E-state index is 0.262. The third kappa shape index (κ3) is 2.00. The van der Waals surface area contributed by atoms with Gasteiger partial charge in [-0.1, -0.05) is 41.9 Å². The highest BCUT2D eigenvalue weighted by Crippen LogP contribution is 2.29. The number of hydrogen-bond donors (Lipinski definition) is 0. The Hall–Kier alpha value is -2.13. The summed E-state index contributed by atoms with van der Waals surface area (Å²) < 4.78 is 1.56. The topological polar surface area (TPSA) is 34.9 Å². The van der Waals surface area contributed by atoms with Crippen LogP contribution in [-0.2, 0) is 7.05 Å². The van der Waals surface area contributed by atoms with E-state index in [-0.39, 0.29) is 5.69 Å². The van der Waals surface area contributed by atoms with Crippen LogP contribution in [0.25, 0.3) is 22.2 Å². The molecule has 0 fully saturated rings. The lowest BCUT2D eigenvalue weighted by Crippen LogP contribution is -2.22. The molecule has 0 radical (unpaired) electrons. The molecule has 0 saturated heterocycles. The Morgan fingerprint density at radius 3 is 2.55 bits per heavy atom. The lowest BCUT2D eigenvalue weighted by molar-refractivity contribution is 0.835. The van der Waals surface area contributed by atoms with Gasteiger partial charge in [-0.15, -0.1) is 0 Å². The van der Waals surface area contributed by atoms with E-state index in [9.17, 15) is 4.79 Å². The van der Waals surface area contributed by atoms with Gasteiger partial charge in [0.25, 0.3) is 0 Å². The molecule has 0 atom stereocenters. The Morgan fingerprint density at radius 2 is 1.85 bits per heavy atom. The lowest BCUT2D eigenvalue weighted by Gasteiger charge is -2.13. The Bertz CT molecular complexity index is 854. The van der Waals surface area contributed by atoms with Gasteiger partial charge in [-0.25, -0.2) is 4.79 Å². The summed E-state index contributed by atoms with van der Waals surface area (Å²) in [7, 11) is 1.73. The summed E-state index contributed by atoms with van der Waals surface area (Å²) in [5.74, 6) is 0. The number of halogens is 1. The Morgan fingerprint density at radius 1 is 1.15 bits per heavy atom. The number of nitrogens with zero attached hydrogens (tertiary/aromatic N) is 2. The lowest BCUT2D eigenvalue weighted by atomic mass is 10.0. The zero-order valence-electron chi connectivity index (χ0n) is 11.2. The molecule has 2 aromatic carbocycles. The molecular weight excluding hydrogens is 272 g/mol. The van der Waals surface area contributed by atoms with Gasteiger partial charge >= 0.3 is 5.69 Å². The SMILES string of the molecule is Cc1cc(Cl)cc2c(-c3ccccc3)n(C)c(=O)nc12. The van der Waals surface area contributed by atoms with Crippen LogP contribution in [0, 0.1) is 6.92 Å². The molecule has 3 rings (SSSR count). The predicted octanol–water partition coefficient (Wildman–Crippen LogP) is 3.56. The number of fused-ring (bicyclic) bond motifs is 1. The Kier molecular flexibility index (Phi) is 3.07. The van der Waals surface area contributed by atoms with Crippen molar-refractivity contribution in [1.82, 2.24) is 9.55 Å². The van der Waals surface area contributed by atoms with Crippen LogP contribution in [0.2, 0.25) is 5.02 Å². The first kappa shape index (κ1) is 12.9. The van der Waals surface area contributed by atoms with Crippen molar-refractivity contribution >= 4 is 22.5 Å². The highest BCUT2D eigenvalue weighted by Gasteiger charge is 2.13. The summed E-state index contributed by atoms with van der Waals surface area (Å²) in [6.45, 7) is 1.91. The average molecular weight is 285 g/mol. The normalized spacial score (nSPS) is 10.9. The number of benzene rings is 2. The molecule has 100 valence electrons. The molecule has 0 amide bonds. The smallest absolute Gasteiger partial charge is 0.294 e. The minimum atomic E-state index is -0.262. The molecule has 1 aromatic heterocycles. The van der Waals surface area contributed by atoms with Gasteiger partial charge in [-0.2, -0.15) is 4.98 Å². The average Bonchev–Trinajstić information content (AvgIpc) is 2.42. The van der Waals surface area contributed by atoms with Crippen LogP contribution in [0.3, 0.4) is 0 Å². The molecule has 0 spiro atoms. The second kappa shape index (κ2) is 4.76. The molecular formula is C16H13ClN2O. The van der Waals surface area contributed by atoms with Crippen LogP contribution in [0.4, 0.5) is 0 Å². The number of aromatic nitrogens is 2. The van der Waals surface area contributed by atoms with Gasteiger partial charge in [0.2, 0.25) is 0 Å². The van der Waals surface area contributed by atoms with E-state index in [4.69, 9.17) is 11.6 Å². The van der Waals surface area contributed by atoms with Gasteiger partial charge in [-0.3, -0.25) is 4.57 Å². The molecule has 0 N–H and O–H groups in total. The summed E-state index contributed by atoms with van der Waals surface area (Å²) in [5, 5.41) is 1.54. The maximum absolute atomic E-state index is 12.1. The largest absolute Gasteiger partial charge is 0.348 e. The maximum Gasteiger partial charge on any atom is 0.348 e. The van der Waals surface area contributed by atoms with Gasteiger partial charge in [-0.05, 0) is 30.2 Å². The fraction of sp³-hybridized carbons (Fsp3) is 0.125. The quantitative estimate of drug-likeness (QED) is 0.685. The summed E-state index contributed by atoms with van der Waals surface area (Å²) >= 11 is 6.16. The van der Waals surface area contributed by atoms with E-state index in [2.05, 4.69) is 4.98 Å². The molecule has 0 aliphatic carbocycles. The van der Waals surface area contributed by atoms with Crippen molar-refractivity contribution in [3.05, 3.63) is 63.5 Å². The number of rotatable bonds is 1. The molecule has 3 nitrogen and oxygen atoms in total. The van der Waals surface area contributed by atoms with Gasteiger partial charge in [0.1, 0.15) is 0 Å². The van der Waals surface area contributed by atoms with Crippen molar-refractivity contribution in [1.29, 1.82) is 0 Å². The van der Waals surface area contributed by atoms with Crippen molar-refractivity contribution in [2.45, 2.75) is 6.92 Å². The molecule has 1 heterocycles. The van der Waals surface area contributed by atoms with Gasteiger partial charge < -0.3 is 0 Å². The molecule has 20 heavy (non-hydrogen) atoms. The monoisotopic (exact) mass is 284 g/mol. The fourth-order valence-corrected chi connectivity index (χ4v) is 2.73. The number of hydrogen-bond acceptors (Lipinski definition) is 2. The zero-order valence-corrected chi connectivity index (χ0v) is 12.0. The Labute approximate surface area is 121 Å². The van der Waals surface area contributed by atoms with Crippen molar-refractivity contribution in [2.24, 2.45) is 7.05 Å². The van der Waals surface area contributed by atoms with E-state index >= 15 is 0 Å². The van der Waals surface area contributed by atoms with Gasteiger partial charge in [0.15, 0.2) is 0 Å². The first-order valence-electron chi connectivity index (χ1n) is 6.30. The van der Waals surface area contributed by atoms with Crippen LogP contribution in [0.1, 0.15) is 5.56 Å². The first-order valence-corrected chi connectivity index (χ1v) is 6.68. The second-order valence-electron chi connectivity index (χ2n) is 4.79. The zero-order chi connectivity index (χ0) is 14.3. The van der Waals surface area contributed by atoms with Crippen LogP contribution in [0.5, 0.6) is 0 Å². The van der Waals surface area contributed by atoms with Crippen LogP contribution < -0.4 is 5.69 Å². The van der Waals surface area contributed by atoms with Crippen LogP contribution in [0.15, 0.2) is 47.3 Å². The third-order valence-corrected chi connectivity index (χ3v) is 3.62. The van der Waals surface area contributed by atoms with Crippen molar-refractivity contribution < 1.29 is 0 Å². The van der Waals surface area contributed by atoms with E-state index in [0.29, 0.717) is 10.5 Å². The van der Waals surface area contributed by atoms with E-state index < -0.39 is 0 Å². The summed E-state index contributed by atoms with van der Waals surface area (Å²) in [6, 6.07) is 13.5. The molecule has 0 bridgehead atoms. The summed E-state index contributed by atoms with van der Waals surface area (Å²) in [4.78, 5) is 16.2. The van der Waals surface area contributed by atoms with Crippen molar-refractivity contribution in [3.8, 4) is 11.3 Å². The van der Waals surface area contributed by atoms with Crippen molar-refractivity contribution in [3.63, 3.8) is 0 Å². The standard InChI is InChI=1S/C16H13ClN2O/c1-10-8-12(17)9-13-14(10)18-16(20)19(2)15(13)11-6-4-3-5-7-11/h3-9H,1-2H3. The molecule has 3 aromatic rings. The van der Waals surface area contributed by atoms with E-state index in [1.165, 1.54) is 0 Å². The van der Waals surface area contributed by atoms with Crippen molar-refractivity contribution in [2.75, 3.05) is 0 Å². The molecule has 0 saturated carbocycles. The third-order valence-electron chi connectivity index (χ3n) is 3.40.